The van der Waals surface area contributed by atoms with Gasteiger partial charge >= 0.3 is 5.97 Å². The van der Waals surface area contributed by atoms with E-state index in [4.69, 9.17) is 13.9 Å². The minimum atomic E-state index is -0.574. The molecule has 1 fully saturated rings. The first-order chi connectivity index (χ1) is 13.6. The van der Waals surface area contributed by atoms with Gasteiger partial charge in [-0.2, -0.15) is 0 Å². The average molecular weight is 387 g/mol. The number of hydrogen-bond acceptors (Lipinski definition) is 6. The van der Waals surface area contributed by atoms with Crippen molar-refractivity contribution in [2.75, 3.05) is 26.3 Å². The van der Waals surface area contributed by atoms with E-state index in [0.717, 1.165) is 30.9 Å². The van der Waals surface area contributed by atoms with Gasteiger partial charge in [-0.25, -0.2) is 0 Å². The molecule has 1 aliphatic rings. The van der Waals surface area contributed by atoms with Gasteiger partial charge in [0.2, 0.25) is 0 Å². The normalized spacial score (nSPS) is 20.1. The number of aliphatic hydroxyl groups is 1. The fourth-order valence-corrected chi connectivity index (χ4v) is 3.81. The van der Waals surface area contributed by atoms with Crippen molar-refractivity contribution >= 4 is 5.97 Å². The number of likely N-dealkylation sites (tertiary alicyclic amines) is 1. The summed E-state index contributed by atoms with van der Waals surface area (Å²) >= 11 is 0. The highest BCUT2D eigenvalue weighted by molar-refractivity contribution is 5.77. The topological polar surface area (TPSA) is 72.1 Å². The van der Waals surface area contributed by atoms with Crippen molar-refractivity contribution < 1.29 is 23.8 Å². The van der Waals surface area contributed by atoms with Crippen LogP contribution in [0.1, 0.15) is 37.7 Å². The largest absolute Gasteiger partial charge is 0.494 e. The second-order valence-electron chi connectivity index (χ2n) is 7.25. The molecule has 3 rings (SSSR count). The van der Waals surface area contributed by atoms with Crippen molar-refractivity contribution in [3.8, 4) is 5.75 Å². The van der Waals surface area contributed by atoms with E-state index in [1.807, 2.05) is 43.3 Å². The summed E-state index contributed by atoms with van der Waals surface area (Å²) in [6.45, 7) is 4.69. The highest BCUT2D eigenvalue weighted by Crippen LogP contribution is 2.36. The Morgan fingerprint density at radius 2 is 2.00 bits per heavy atom. The number of para-hydroxylation sites is 1. The van der Waals surface area contributed by atoms with Gasteiger partial charge in [-0.1, -0.05) is 18.2 Å². The molecule has 1 aliphatic heterocycles. The predicted molar refractivity (Wildman–Crippen MR) is 105 cm³/mol. The average Bonchev–Trinajstić information content (AvgIpc) is 3.17. The monoisotopic (exact) mass is 387 g/mol. The summed E-state index contributed by atoms with van der Waals surface area (Å²) in [5, 5.41) is 9.18. The summed E-state index contributed by atoms with van der Waals surface area (Å²) in [6.07, 6.45) is 2.31. The van der Waals surface area contributed by atoms with Crippen LogP contribution in [0.25, 0.3) is 0 Å². The summed E-state index contributed by atoms with van der Waals surface area (Å²) < 4.78 is 16.9. The number of carbonyl (C=O) groups is 1. The number of rotatable bonds is 9. The highest BCUT2D eigenvalue weighted by Gasteiger charge is 2.43. The molecular formula is C22H29NO5. The van der Waals surface area contributed by atoms with Gasteiger partial charge in [0.1, 0.15) is 23.9 Å². The summed E-state index contributed by atoms with van der Waals surface area (Å²) in [6, 6.07) is 13.3. The maximum absolute atomic E-state index is 12.8. The number of piperidine rings is 1. The number of furan rings is 1. The van der Waals surface area contributed by atoms with Crippen LogP contribution in [0.4, 0.5) is 0 Å². The molecule has 1 saturated heterocycles. The van der Waals surface area contributed by atoms with Gasteiger partial charge in [-0.05, 0) is 57.0 Å². The van der Waals surface area contributed by atoms with Crippen LogP contribution in [0.15, 0.2) is 46.9 Å². The Balaban J connectivity index is 1.66. The van der Waals surface area contributed by atoms with E-state index in [1.165, 1.54) is 0 Å². The summed E-state index contributed by atoms with van der Waals surface area (Å²) in [5.41, 5.74) is -0.574. The maximum atomic E-state index is 12.8. The van der Waals surface area contributed by atoms with E-state index >= 15 is 0 Å². The Morgan fingerprint density at radius 1 is 1.21 bits per heavy atom. The van der Waals surface area contributed by atoms with Gasteiger partial charge in [-0.15, -0.1) is 0 Å². The zero-order valence-electron chi connectivity index (χ0n) is 16.4. The third kappa shape index (κ3) is 5.14. The second-order valence-corrected chi connectivity index (χ2v) is 7.25. The van der Waals surface area contributed by atoms with Crippen LogP contribution in [0.5, 0.6) is 5.75 Å². The third-order valence-corrected chi connectivity index (χ3v) is 5.21. The SMILES string of the molecule is CCOC(=O)[C@]1(CCOc2ccccc2)CCCN(Cc2ccc(CO)o2)C1. The van der Waals surface area contributed by atoms with Gasteiger partial charge < -0.3 is 19.0 Å². The molecule has 1 N–H and O–H groups in total. The first-order valence-corrected chi connectivity index (χ1v) is 9.91. The Morgan fingerprint density at radius 3 is 2.71 bits per heavy atom. The lowest BCUT2D eigenvalue weighted by Crippen LogP contribution is -2.49. The van der Waals surface area contributed by atoms with Crippen LogP contribution in [0.2, 0.25) is 0 Å². The smallest absolute Gasteiger partial charge is 0.313 e. The first kappa shape index (κ1) is 20.4. The molecule has 28 heavy (non-hydrogen) atoms. The van der Waals surface area contributed by atoms with E-state index < -0.39 is 5.41 Å². The lowest BCUT2D eigenvalue weighted by molar-refractivity contribution is -0.160. The molecule has 0 amide bonds. The quantitative estimate of drug-likeness (QED) is 0.665. The van der Waals surface area contributed by atoms with Gasteiger partial charge in [0.15, 0.2) is 0 Å². The zero-order valence-corrected chi connectivity index (χ0v) is 16.4. The van der Waals surface area contributed by atoms with Gasteiger partial charge in [0, 0.05) is 6.54 Å². The molecule has 0 bridgehead atoms. The summed E-state index contributed by atoms with van der Waals surface area (Å²) in [7, 11) is 0. The first-order valence-electron chi connectivity index (χ1n) is 9.91. The molecule has 6 nitrogen and oxygen atoms in total. The Kier molecular flexibility index (Phi) is 7.12. The number of ether oxygens (including phenoxy) is 2. The molecule has 0 radical (unpaired) electrons. The number of aliphatic hydroxyl groups excluding tert-OH is 1. The fraction of sp³-hybridized carbons (Fsp3) is 0.500. The maximum Gasteiger partial charge on any atom is 0.313 e. The standard InChI is InChI=1S/C22H29NO5/c1-2-26-21(25)22(12-14-27-18-7-4-3-5-8-18)11-6-13-23(17-22)15-19-9-10-20(16-24)28-19/h3-5,7-10,24H,2,6,11-17H2,1H3/t22-/m0/s1. The van der Waals surface area contributed by atoms with Crippen molar-refractivity contribution in [1.29, 1.82) is 0 Å². The Hall–Kier alpha value is -2.31. The van der Waals surface area contributed by atoms with Gasteiger partial charge in [0.05, 0.1) is 25.2 Å². The van der Waals surface area contributed by atoms with E-state index in [9.17, 15) is 9.90 Å². The summed E-state index contributed by atoms with van der Waals surface area (Å²) in [5.74, 6) is 2.01. The van der Waals surface area contributed by atoms with E-state index in [-0.39, 0.29) is 12.6 Å². The molecule has 0 saturated carbocycles. The molecular weight excluding hydrogens is 358 g/mol. The molecule has 0 aliphatic carbocycles. The van der Waals surface area contributed by atoms with E-state index in [2.05, 4.69) is 4.90 Å². The van der Waals surface area contributed by atoms with Crippen molar-refractivity contribution in [3.63, 3.8) is 0 Å². The van der Waals surface area contributed by atoms with Crippen molar-refractivity contribution in [2.24, 2.45) is 5.41 Å². The Bertz CT molecular complexity index is 744. The minimum absolute atomic E-state index is 0.108. The molecule has 6 heteroatoms. The lowest BCUT2D eigenvalue weighted by Gasteiger charge is -2.40. The van der Waals surface area contributed by atoms with E-state index in [1.54, 1.807) is 6.07 Å². The van der Waals surface area contributed by atoms with E-state index in [0.29, 0.717) is 38.5 Å². The highest BCUT2D eigenvalue weighted by atomic mass is 16.5. The van der Waals surface area contributed by atoms with Crippen molar-refractivity contribution in [1.82, 2.24) is 4.90 Å². The third-order valence-electron chi connectivity index (χ3n) is 5.21. The number of hydrogen-bond donors (Lipinski definition) is 1. The number of carbonyl (C=O) groups excluding carboxylic acids is 1. The lowest BCUT2D eigenvalue weighted by atomic mass is 9.77. The van der Waals surface area contributed by atoms with Crippen LogP contribution < -0.4 is 4.74 Å². The van der Waals surface area contributed by atoms with Gasteiger partial charge in [0.25, 0.3) is 0 Å². The van der Waals surface area contributed by atoms with Crippen molar-refractivity contribution in [3.05, 3.63) is 54.0 Å². The molecule has 152 valence electrons. The van der Waals surface area contributed by atoms with Crippen LogP contribution in [-0.4, -0.2) is 42.3 Å². The molecule has 0 spiro atoms. The Labute approximate surface area is 166 Å². The molecule has 0 unspecified atom stereocenters. The van der Waals surface area contributed by atoms with Crippen LogP contribution in [-0.2, 0) is 22.7 Å². The molecule has 2 heterocycles. The number of benzene rings is 1. The molecule has 1 aromatic heterocycles. The number of esters is 1. The van der Waals surface area contributed by atoms with Crippen LogP contribution >= 0.6 is 0 Å². The summed E-state index contributed by atoms with van der Waals surface area (Å²) in [4.78, 5) is 15.1. The van der Waals surface area contributed by atoms with Gasteiger partial charge in [-0.3, -0.25) is 9.69 Å². The molecule has 1 atom stereocenters. The fourth-order valence-electron chi connectivity index (χ4n) is 3.81. The van der Waals surface area contributed by atoms with Crippen LogP contribution in [0, 0.1) is 5.41 Å². The second kappa shape index (κ2) is 9.75. The predicted octanol–water partition coefficient (Wildman–Crippen LogP) is 3.39. The molecule has 1 aromatic carbocycles. The van der Waals surface area contributed by atoms with Crippen LogP contribution in [0.3, 0.4) is 0 Å². The molecule has 2 aromatic rings. The minimum Gasteiger partial charge on any atom is -0.494 e. The number of nitrogens with zero attached hydrogens (tertiary/aromatic N) is 1. The zero-order chi connectivity index (χ0) is 19.8. The van der Waals surface area contributed by atoms with Crippen molar-refractivity contribution in [2.45, 2.75) is 39.3 Å².